The molecule has 0 atom stereocenters. The maximum Gasteiger partial charge on any atom is 0.436 e. The number of amides is 3. The first-order chi connectivity index (χ1) is 9.47. The summed E-state index contributed by atoms with van der Waals surface area (Å²) >= 11 is 0. The minimum absolute atomic E-state index is 0.0550. The van der Waals surface area contributed by atoms with Gasteiger partial charge in [0.05, 0.1) is 0 Å². The van der Waals surface area contributed by atoms with Crippen molar-refractivity contribution in [1.29, 1.82) is 0 Å². The van der Waals surface area contributed by atoms with E-state index in [0.717, 1.165) is 5.56 Å². The second-order valence-corrected chi connectivity index (χ2v) is 4.19. The van der Waals surface area contributed by atoms with E-state index in [9.17, 15) is 14.4 Å². The molecule has 0 unspecified atom stereocenters. The van der Waals surface area contributed by atoms with Crippen LogP contribution in [0.2, 0.25) is 0 Å². The molecule has 1 aliphatic heterocycles. The van der Waals surface area contributed by atoms with Crippen LogP contribution in [0.15, 0.2) is 30.8 Å². The van der Waals surface area contributed by atoms with Crippen molar-refractivity contribution in [2.24, 2.45) is 5.73 Å². The predicted molar refractivity (Wildman–Crippen MR) is 70.9 cm³/mol. The number of nitrogens with one attached hydrogen (secondary N) is 1. The quantitative estimate of drug-likeness (QED) is 0.808. The first-order valence-electron chi connectivity index (χ1n) is 5.87. The van der Waals surface area contributed by atoms with Crippen LogP contribution in [0.25, 0.3) is 5.70 Å². The van der Waals surface area contributed by atoms with Gasteiger partial charge in [0, 0.05) is 24.2 Å². The van der Waals surface area contributed by atoms with Crippen LogP contribution in [-0.4, -0.2) is 23.0 Å². The minimum atomic E-state index is -0.909. The number of carbonyl (C=O) groups is 3. The Hall–Kier alpha value is -2.83. The van der Waals surface area contributed by atoms with Gasteiger partial charge in [-0.15, -0.1) is 5.06 Å². The van der Waals surface area contributed by atoms with E-state index in [1.807, 2.05) is 0 Å². The van der Waals surface area contributed by atoms with Crippen LogP contribution in [0.3, 0.4) is 0 Å². The Kier molecular flexibility index (Phi) is 3.69. The van der Waals surface area contributed by atoms with Crippen molar-refractivity contribution in [2.75, 3.05) is 5.32 Å². The largest absolute Gasteiger partial charge is 0.436 e. The monoisotopic (exact) mass is 275 g/mol. The molecule has 1 heterocycles. The predicted octanol–water partition coefficient (Wildman–Crippen LogP) is 1.23. The van der Waals surface area contributed by atoms with Gasteiger partial charge in [-0.05, 0) is 17.7 Å². The van der Waals surface area contributed by atoms with Crippen LogP contribution in [0.1, 0.15) is 18.4 Å². The van der Waals surface area contributed by atoms with E-state index in [1.165, 1.54) is 0 Å². The van der Waals surface area contributed by atoms with Gasteiger partial charge in [0.15, 0.2) is 0 Å². The Balaban J connectivity index is 1.96. The number of hydrogen-bond acceptors (Lipinski definition) is 5. The highest BCUT2D eigenvalue weighted by atomic mass is 16.7. The molecule has 1 aromatic carbocycles. The minimum Gasteiger partial charge on any atom is -0.399 e. The van der Waals surface area contributed by atoms with E-state index < -0.39 is 17.9 Å². The average molecular weight is 275 g/mol. The zero-order valence-electron chi connectivity index (χ0n) is 10.6. The van der Waals surface area contributed by atoms with Crippen molar-refractivity contribution in [2.45, 2.75) is 12.8 Å². The van der Waals surface area contributed by atoms with Gasteiger partial charge >= 0.3 is 6.09 Å². The van der Waals surface area contributed by atoms with Crippen molar-refractivity contribution >= 4 is 29.3 Å². The third kappa shape index (κ3) is 2.94. The summed E-state index contributed by atoms with van der Waals surface area (Å²) in [6.45, 7) is 3.59. The van der Waals surface area contributed by atoms with Gasteiger partial charge in [0.25, 0.3) is 11.8 Å². The molecule has 7 heteroatoms. The molecule has 1 aliphatic rings. The zero-order valence-corrected chi connectivity index (χ0v) is 10.6. The summed E-state index contributed by atoms with van der Waals surface area (Å²) in [7, 11) is 0. The van der Waals surface area contributed by atoms with Crippen LogP contribution < -0.4 is 11.1 Å². The Labute approximate surface area is 114 Å². The molecule has 0 radical (unpaired) electrons. The molecule has 2 rings (SSSR count). The van der Waals surface area contributed by atoms with Gasteiger partial charge in [-0.1, -0.05) is 18.7 Å². The van der Waals surface area contributed by atoms with Crippen LogP contribution in [0, 0.1) is 0 Å². The molecular formula is C13H13N3O4. The van der Waals surface area contributed by atoms with Crippen molar-refractivity contribution < 1.29 is 19.2 Å². The van der Waals surface area contributed by atoms with Crippen LogP contribution in [0.5, 0.6) is 0 Å². The maximum absolute atomic E-state index is 11.6. The van der Waals surface area contributed by atoms with Crippen LogP contribution in [0.4, 0.5) is 10.5 Å². The van der Waals surface area contributed by atoms with Gasteiger partial charge in [-0.2, -0.15) is 0 Å². The summed E-state index contributed by atoms with van der Waals surface area (Å²) < 4.78 is 0. The topological polar surface area (TPSA) is 102 Å². The van der Waals surface area contributed by atoms with Crippen molar-refractivity contribution in [3.05, 3.63) is 36.4 Å². The number of rotatable bonds is 3. The Bertz CT molecular complexity index is 564. The second-order valence-electron chi connectivity index (χ2n) is 4.19. The first kappa shape index (κ1) is 13.6. The van der Waals surface area contributed by atoms with E-state index in [4.69, 9.17) is 5.73 Å². The molecular weight excluding hydrogens is 262 g/mol. The summed E-state index contributed by atoms with van der Waals surface area (Å²) in [5, 5.41) is 2.88. The van der Waals surface area contributed by atoms with E-state index in [1.54, 1.807) is 24.3 Å². The first-order valence-corrected chi connectivity index (χ1v) is 5.87. The molecule has 1 saturated heterocycles. The summed E-state index contributed by atoms with van der Waals surface area (Å²) in [6, 6.07) is 6.54. The van der Waals surface area contributed by atoms with E-state index >= 15 is 0 Å². The maximum atomic E-state index is 11.6. The molecule has 0 bridgehead atoms. The smallest absolute Gasteiger partial charge is 0.399 e. The number of nitrogens with zero attached hydrogens (tertiary/aromatic N) is 1. The van der Waals surface area contributed by atoms with E-state index in [0.29, 0.717) is 16.4 Å². The third-order valence-electron chi connectivity index (χ3n) is 2.68. The fraction of sp³-hybridized carbons (Fsp3) is 0.154. The average Bonchev–Trinajstić information content (AvgIpc) is 2.71. The second kappa shape index (κ2) is 5.43. The number of nitrogens with two attached hydrogens (primary N) is 1. The van der Waals surface area contributed by atoms with Crippen molar-refractivity contribution in [3.8, 4) is 0 Å². The highest BCUT2D eigenvalue weighted by Gasteiger charge is 2.32. The number of anilines is 1. The Morgan fingerprint density at radius 3 is 2.25 bits per heavy atom. The molecule has 0 spiro atoms. The summed E-state index contributed by atoms with van der Waals surface area (Å²) in [5.41, 5.74) is 7.10. The van der Waals surface area contributed by atoms with Gasteiger partial charge in [0.2, 0.25) is 0 Å². The molecule has 0 aromatic heterocycles. The summed E-state index contributed by atoms with van der Waals surface area (Å²) in [6.07, 6.45) is -0.799. The molecule has 1 fully saturated rings. The molecule has 20 heavy (non-hydrogen) atoms. The van der Waals surface area contributed by atoms with Crippen LogP contribution in [-0.2, 0) is 14.4 Å². The number of carbonyl (C=O) groups excluding carboxylic acids is 3. The zero-order chi connectivity index (χ0) is 14.7. The third-order valence-corrected chi connectivity index (χ3v) is 2.68. The van der Waals surface area contributed by atoms with Gasteiger partial charge in [-0.3, -0.25) is 14.9 Å². The number of benzene rings is 1. The molecule has 3 amide bonds. The molecule has 0 aliphatic carbocycles. The number of hydroxylamine groups is 2. The molecule has 7 nitrogen and oxygen atoms in total. The normalized spacial score (nSPS) is 14.3. The molecule has 3 N–H and O–H groups in total. The number of imide groups is 1. The van der Waals surface area contributed by atoms with Gasteiger partial charge in [0.1, 0.15) is 0 Å². The molecule has 0 saturated carbocycles. The SMILES string of the molecule is C=C(N)c1ccc(NC(=O)ON2C(=O)CCC2=O)cc1. The summed E-state index contributed by atoms with van der Waals surface area (Å²) in [4.78, 5) is 38.8. The van der Waals surface area contributed by atoms with Gasteiger partial charge in [-0.25, -0.2) is 4.79 Å². The van der Waals surface area contributed by atoms with Crippen LogP contribution >= 0.6 is 0 Å². The lowest BCUT2D eigenvalue weighted by molar-refractivity contribution is -0.170. The Morgan fingerprint density at radius 1 is 1.20 bits per heavy atom. The molecule has 1 aromatic rings. The summed E-state index contributed by atoms with van der Waals surface area (Å²) in [5.74, 6) is -1.06. The van der Waals surface area contributed by atoms with E-state index in [-0.39, 0.29) is 12.8 Å². The highest BCUT2D eigenvalue weighted by Crippen LogP contribution is 2.15. The standard InChI is InChI=1S/C13H13N3O4/c1-8(14)9-2-4-10(5-3-9)15-13(19)20-16-11(17)6-7-12(16)18/h2-5H,1,6-7,14H2,(H,15,19). The fourth-order valence-corrected chi connectivity index (χ4v) is 1.65. The fourth-order valence-electron chi connectivity index (χ4n) is 1.65. The highest BCUT2D eigenvalue weighted by molar-refractivity contribution is 6.02. The lowest BCUT2D eigenvalue weighted by Gasteiger charge is -2.13. The lowest BCUT2D eigenvalue weighted by atomic mass is 10.1. The van der Waals surface area contributed by atoms with E-state index in [2.05, 4.69) is 16.7 Å². The van der Waals surface area contributed by atoms with Crippen molar-refractivity contribution in [3.63, 3.8) is 0 Å². The Morgan fingerprint density at radius 2 is 1.75 bits per heavy atom. The molecule has 104 valence electrons. The number of hydrogen-bond donors (Lipinski definition) is 2. The van der Waals surface area contributed by atoms with Crippen molar-refractivity contribution in [1.82, 2.24) is 5.06 Å². The lowest BCUT2D eigenvalue weighted by Crippen LogP contribution is -2.33. The van der Waals surface area contributed by atoms with Gasteiger partial charge < -0.3 is 10.6 Å².